The van der Waals surface area contributed by atoms with Gasteiger partial charge in [-0.05, 0) is 60.6 Å². The van der Waals surface area contributed by atoms with Crippen LogP contribution in [-0.2, 0) is 20.8 Å². The standard InChI is InChI=1S/C23H19ClN2O6S/c1-3-5-14-8-13(10-18(31-2)20(14)32-12-19(27)28)9-17-21(29)25-23(33)26(22(17)30)16-7-4-6-15(24)11-16/h3-4,6-11H,1,5,12H2,2H3,(H,27,28)(H,25,29,33)/b17-9+. The molecule has 0 radical (unpaired) electrons. The Morgan fingerprint density at radius 1 is 1.30 bits per heavy atom. The topological polar surface area (TPSA) is 105 Å². The highest BCUT2D eigenvalue weighted by atomic mass is 35.5. The number of rotatable bonds is 8. The predicted molar refractivity (Wildman–Crippen MR) is 128 cm³/mol. The Morgan fingerprint density at radius 3 is 2.70 bits per heavy atom. The van der Waals surface area contributed by atoms with Gasteiger partial charge in [0, 0.05) is 10.6 Å². The van der Waals surface area contributed by atoms with Crippen molar-refractivity contribution in [1.82, 2.24) is 5.32 Å². The number of amides is 2. The van der Waals surface area contributed by atoms with Crippen LogP contribution >= 0.6 is 23.8 Å². The molecule has 2 aromatic carbocycles. The molecule has 33 heavy (non-hydrogen) atoms. The van der Waals surface area contributed by atoms with E-state index in [0.717, 1.165) is 0 Å². The number of benzene rings is 2. The van der Waals surface area contributed by atoms with E-state index in [2.05, 4.69) is 11.9 Å². The van der Waals surface area contributed by atoms with Crippen LogP contribution in [-0.4, -0.2) is 41.7 Å². The van der Waals surface area contributed by atoms with Gasteiger partial charge in [0.05, 0.1) is 12.8 Å². The van der Waals surface area contributed by atoms with Crippen molar-refractivity contribution in [3.05, 3.63) is 70.8 Å². The van der Waals surface area contributed by atoms with Crippen molar-refractivity contribution < 1.29 is 29.0 Å². The summed E-state index contributed by atoms with van der Waals surface area (Å²) in [5.41, 5.74) is 1.28. The zero-order chi connectivity index (χ0) is 24.1. The SMILES string of the molecule is C=CCc1cc(/C=C2\C(=O)NC(=S)N(c3cccc(Cl)c3)C2=O)cc(OC)c1OCC(=O)O. The summed E-state index contributed by atoms with van der Waals surface area (Å²) in [4.78, 5) is 37.9. The first-order chi connectivity index (χ1) is 15.7. The first kappa shape index (κ1) is 24.0. The molecule has 2 amide bonds. The first-order valence-corrected chi connectivity index (χ1v) is 10.4. The van der Waals surface area contributed by atoms with Gasteiger partial charge in [-0.25, -0.2) is 4.79 Å². The Hall–Kier alpha value is -3.69. The van der Waals surface area contributed by atoms with E-state index in [-0.39, 0.29) is 22.2 Å². The second-order valence-corrected chi connectivity index (χ2v) is 7.65. The lowest BCUT2D eigenvalue weighted by molar-refractivity contribution is -0.139. The Kier molecular flexibility index (Phi) is 7.47. The van der Waals surface area contributed by atoms with E-state index in [1.54, 1.807) is 36.4 Å². The van der Waals surface area contributed by atoms with Gasteiger partial charge in [-0.15, -0.1) is 6.58 Å². The molecule has 10 heteroatoms. The van der Waals surface area contributed by atoms with E-state index in [1.807, 2.05) is 0 Å². The highest BCUT2D eigenvalue weighted by Crippen LogP contribution is 2.35. The number of carbonyl (C=O) groups is 3. The number of nitrogens with zero attached hydrogens (tertiary/aromatic N) is 1. The Labute approximate surface area is 200 Å². The molecule has 0 saturated carbocycles. The Bertz CT molecular complexity index is 1190. The highest BCUT2D eigenvalue weighted by molar-refractivity contribution is 7.80. The molecule has 2 N–H and O–H groups in total. The summed E-state index contributed by atoms with van der Waals surface area (Å²) in [6.45, 7) is 3.14. The summed E-state index contributed by atoms with van der Waals surface area (Å²) >= 11 is 11.2. The smallest absolute Gasteiger partial charge is 0.341 e. The number of hydrogen-bond acceptors (Lipinski definition) is 6. The number of methoxy groups -OCH3 is 1. The molecule has 0 atom stereocenters. The molecule has 1 saturated heterocycles. The summed E-state index contributed by atoms with van der Waals surface area (Å²) in [6.07, 6.45) is 3.34. The number of aliphatic carboxylic acids is 1. The molecular weight excluding hydrogens is 468 g/mol. The molecule has 1 fully saturated rings. The van der Waals surface area contributed by atoms with E-state index in [1.165, 1.54) is 24.2 Å². The molecule has 0 spiro atoms. The highest BCUT2D eigenvalue weighted by Gasteiger charge is 2.34. The van der Waals surface area contributed by atoms with Gasteiger partial charge < -0.3 is 14.6 Å². The number of thiocarbonyl (C=S) groups is 1. The van der Waals surface area contributed by atoms with Crippen molar-refractivity contribution in [2.24, 2.45) is 0 Å². The molecular formula is C23H19ClN2O6S. The fourth-order valence-electron chi connectivity index (χ4n) is 3.20. The lowest BCUT2D eigenvalue weighted by Crippen LogP contribution is -2.54. The minimum atomic E-state index is -1.14. The lowest BCUT2D eigenvalue weighted by atomic mass is 10.0. The molecule has 3 rings (SSSR count). The first-order valence-electron chi connectivity index (χ1n) is 9.58. The summed E-state index contributed by atoms with van der Waals surface area (Å²) < 4.78 is 10.7. The molecule has 2 aromatic rings. The van der Waals surface area contributed by atoms with Gasteiger partial charge in [-0.1, -0.05) is 23.7 Å². The van der Waals surface area contributed by atoms with Crippen molar-refractivity contribution in [2.75, 3.05) is 18.6 Å². The minimum Gasteiger partial charge on any atom is -0.493 e. The van der Waals surface area contributed by atoms with Crippen LogP contribution < -0.4 is 19.7 Å². The predicted octanol–water partition coefficient (Wildman–Crippen LogP) is 3.37. The van der Waals surface area contributed by atoms with Crippen LogP contribution in [0.1, 0.15) is 11.1 Å². The van der Waals surface area contributed by atoms with Gasteiger partial charge >= 0.3 is 5.97 Å². The number of halogens is 1. The monoisotopic (exact) mass is 486 g/mol. The van der Waals surface area contributed by atoms with Crippen LogP contribution in [0.2, 0.25) is 5.02 Å². The van der Waals surface area contributed by atoms with Crippen molar-refractivity contribution >= 4 is 58.5 Å². The minimum absolute atomic E-state index is 0.0632. The maximum atomic E-state index is 13.2. The van der Waals surface area contributed by atoms with Gasteiger partial charge in [0.15, 0.2) is 23.2 Å². The molecule has 0 aromatic heterocycles. The van der Waals surface area contributed by atoms with Crippen molar-refractivity contribution in [3.8, 4) is 11.5 Å². The number of carboxylic acid groups (broad SMARTS) is 1. The lowest BCUT2D eigenvalue weighted by Gasteiger charge is -2.29. The third-order valence-electron chi connectivity index (χ3n) is 4.56. The van der Waals surface area contributed by atoms with E-state index in [9.17, 15) is 14.4 Å². The van der Waals surface area contributed by atoms with E-state index >= 15 is 0 Å². The number of hydrogen-bond donors (Lipinski definition) is 2. The third kappa shape index (κ3) is 5.39. The van der Waals surface area contributed by atoms with Crippen molar-refractivity contribution in [2.45, 2.75) is 6.42 Å². The van der Waals surface area contributed by atoms with Crippen LogP contribution in [0.4, 0.5) is 5.69 Å². The molecule has 0 aliphatic carbocycles. The fraction of sp³-hybridized carbons (Fsp3) is 0.130. The van der Waals surface area contributed by atoms with Crippen LogP contribution in [0.25, 0.3) is 6.08 Å². The van der Waals surface area contributed by atoms with E-state index < -0.39 is 24.4 Å². The molecule has 0 bridgehead atoms. The summed E-state index contributed by atoms with van der Waals surface area (Å²) in [7, 11) is 1.40. The second kappa shape index (κ2) is 10.3. The van der Waals surface area contributed by atoms with E-state index in [4.69, 9.17) is 38.4 Å². The molecule has 1 heterocycles. The van der Waals surface area contributed by atoms with Gasteiger partial charge in [-0.2, -0.15) is 0 Å². The summed E-state index contributed by atoms with van der Waals surface area (Å²) in [5, 5.41) is 11.8. The van der Waals surface area contributed by atoms with Crippen LogP contribution in [0.5, 0.6) is 11.5 Å². The van der Waals surface area contributed by atoms with Crippen LogP contribution in [0.3, 0.4) is 0 Å². The van der Waals surface area contributed by atoms with E-state index in [0.29, 0.717) is 28.3 Å². The zero-order valence-electron chi connectivity index (χ0n) is 17.5. The number of carbonyl (C=O) groups excluding carboxylic acids is 2. The maximum Gasteiger partial charge on any atom is 0.341 e. The molecule has 0 unspecified atom stereocenters. The largest absolute Gasteiger partial charge is 0.493 e. The second-order valence-electron chi connectivity index (χ2n) is 6.82. The summed E-state index contributed by atoms with van der Waals surface area (Å²) in [5.74, 6) is -1.94. The van der Waals surface area contributed by atoms with Crippen molar-refractivity contribution in [1.29, 1.82) is 0 Å². The quantitative estimate of drug-likeness (QED) is 0.255. The van der Waals surface area contributed by atoms with Gasteiger partial charge in [0.2, 0.25) is 0 Å². The normalized spacial score (nSPS) is 14.8. The molecule has 170 valence electrons. The maximum absolute atomic E-state index is 13.2. The van der Waals surface area contributed by atoms with Gasteiger partial charge in [0.25, 0.3) is 11.8 Å². The number of ether oxygens (including phenoxy) is 2. The number of carboxylic acids is 1. The van der Waals surface area contributed by atoms with Gasteiger partial charge in [-0.3, -0.25) is 19.8 Å². The Morgan fingerprint density at radius 2 is 2.06 bits per heavy atom. The number of anilines is 1. The van der Waals surface area contributed by atoms with Gasteiger partial charge in [0.1, 0.15) is 5.57 Å². The molecule has 1 aliphatic rings. The zero-order valence-corrected chi connectivity index (χ0v) is 19.0. The number of allylic oxidation sites excluding steroid dienone is 1. The number of nitrogens with one attached hydrogen (secondary N) is 1. The van der Waals surface area contributed by atoms with Crippen LogP contribution in [0.15, 0.2) is 54.6 Å². The van der Waals surface area contributed by atoms with Crippen molar-refractivity contribution in [3.63, 3.8) is 0 Å². The third-order valence-corrected chi connectivity index (χ3v) is 5.08. The molecule has 1 aliphatic heterocycles. The fourth-order valence-corrected chi connectivity index (χ4v) is 3.66. The Balaban J connectivity index is 2.06. The van der Waals surface area contributed by atoms with Crippen LogP contribution in [0, 0.1) is 0 Å². The average molecular weight is 487 g/mol. The average Bonchev–Trinajstić information content (AvgIpc) is 2.75. The summed E-state index contributed by atoms with van der Waals surface area (Å²) in [6, 6.07) is 9.71. The molecule has 8 nitrogen and oxygen atoms in total.